The van der Waals surface area contributed by atoms with E-state index >= 15 is 0 Å². The van der Waals surface area contributed by atoms with Gasteiger partial charge >= 0.3 is 0 Å². The third-order valence-electron chi connectivity index (χ3n) is 3.61. The third-order valence-corrected chi connectivity index (χ3v) is 3.61. The third kappa shape index (κ3) is 4.14. The summed E-state index contributed by atoms with van der Waals surface area (Å²) in [7, 11) is 4.01. The van der Waals surface area contributed by atoms with Crippen molar-refractivity contribution in [3.05, 3.63) is 18.0 Å². The largest absolute Gasteiger partial charge is 0.381 e. The number of ether oxygens (including phenoxy) is 1. The zero-order valence-corrected chi connectivity index (χ0v) is 11.9. The number of nitrogens with one attached hydrogen (secondary N) is 1. The van der Waals surface area contributed by atoms with E-state index in [1.165, 1.54) is 5.56 Å². The lowest BCUT2D eigenvalue weighted by Crippen LogP contribution is -2.24. The van der Waals surface area contributed by atoms with Gasteiger partial charge < -0.3 is 15.0 Å². The number of hydrogen-bond acceptors (Lipinski definition) is 5. The van der Waals surface area contributed by atoms with Crippen LogP contribution in [0.5, 0.6) is 0 Å². The average molecular weight is 264 g/mol. The van der Waals surface area contributed by atoms with Crippen LogP contribution in [0.15, 0.2) is 12.4 Å². The van der Waals surface area contributed by atoms with Crippen LogP contribution in [0.25, 0.3) is 0 Å². The summed E-state index contributed by atoms with van der Waals surface area (Å²) in [6.45, 7) is 3.70. The van der Waals surface area contributed by atoms with E-state index in [9.17, 15) is 0 Å². The molecule has 1 aromatic rings. The van der Waals surface area contributed by atoms with Gasteiger partial charge in [0.25, 0.3) is 0 Å². The monoisotopic (exact) mass is 264 g/mol. The molecular formula is C14H24N4O. The van der Waals surface area contributed by atoms with E-state index < -0.39 is 0 Å². The standard InChI is InChI=1S/C14H24N4O/c1-15-6-3-7-18(2)14-16-10-13(11-17-14)12-4-8-19-9-5-12/h10-12,15H,3-9H2,1-2H3. The Bertz CT molecular complexity index is 362. The fourth-order valence-corrected chi connectivity index (χ4v) is 2.36. The zero-order valence-electron chi connectivity index (χ0n) is 11.9. The molecule has 0 aromatic carbocycles. The highest BCUT2D eigenvalue weighted by molar-refractivity contribution is 5.29. The van der Waals surface area contributed by atoms with E-state index in [1.807, 2.05) is 26.5 Å². The molecule has 0 unspecified atom stereocenters. The Morgan fingerprint density at radius 1 is 1.32 bits per heavy atom. The Morgan fingerprint density at radius 2 is 2.00 bits per heavy atom. The highest BCUT2D eigenvalue weighted by Gasteiger charge is 2.16. The van der Waals surface area contributed by atoms with Gasteiger partial charge in [-0.05, 0) is 44.3 Å². The molecule has 0 atom stereocenters. The predicted molar refractivity (Wildman–Crippen MR) is 76.6 cm³/mol. The molecule has 0 amide bonds. The number of rotatable bonds is 6. The number of hydrogen-bond donors (Lipinski definition) is 1. The van der Waals surface area contributed by atoms with E-state index in [-0.39, 0.29) is 0 Å². The van der Waals surface area contributed by atoms with Crippen molar-refractivity contribution >= 4 is 5.95 Å². The molecule has 1 saturated heterocycles. The first kappa shape index (κ1) is 14.2. The van der Waals surface area contributed by atoms with Gasteiger partial charge in [-0.15, -0.1) is 0 Å². The second-order valence-electron chi connectivity index (χ2n) is 5.08. The van der Waals surface area contributed by atoms with Gasteiger partial charge in [-0.2, -0.15) is 0 Å². The maximum Gasteiger partial charge on any atom is 0.224 e. The van der Waals surface area contributed by atoms with Crippen molar-refractivity contribution in [1.29, 1.82) is 0 Å². The molecule has 0 aliphatic carbocycles. The van der Waals surface area contributed by atoms with Gasteiger partial charge in [-0.3, -0.25) is 0 Å². The summed E-state index contributed by atoms with van der Waals surface area (Å²) in [4.78, 5) is 11.1. The van der Waals surface area contributed by atoms with Crippen molar-refractivity contribution < 1.29 is 4.74 Å². The van der Waals surface area contributed by atoms with Crippen LogP contribution in [0.4, 0.5) is 5.95 Å². The Labute approximate surface area is 115 Å². The lowest BCUT2D eigenvalue weighted by atomic mass is 9.94. The van der Waals surface area contributed by atoms with Crippen molar-refractivity contribution in [2.75, 3.05) is 45.3 Å². The summed E-state index contributed by atoms with van der Waals surface area (Å²) in [5, 5.41) is 3.15. The van der Waals surface area contributed by atoms with Crippen LogP contribution in [-0.2, 0) is 4.74 Å². The molecule has 5 nitrogen and oxygen atoms in total. The van der Waals surface area contributed by atoms with Crippen LogP contribution in [0.2, 0.25) is 0 Å². The quantitative estimate of drug-likeness (QED) is 0.787. The molecule has 1 aromatic heterocycles. The van der Waals surface area contributed by atoms with Crippen molar-refractivity contribution in [1.82, 2.24) is 15.3 Å². The highest BCUT2D eigenvalue weighted by atomic mass is 16.5. The van der Waals surface area contributed by atoms with Gasteiger partial charge in [0.2, 0.25) is 5.95 Å². The Kier molecular flexibility index (Phi) is 5.54. The summed E-state index contributed by atoms with van der Waals surface area (Å²) >= 11 is 0. The second kappa shape index (κ2) is 7.40. The van der Waals surface area contributed by atoms with Crippen molar-refractivity contribution in [3.8, 4) is 0 Å². The smallest absolute Gasteiger partial charge is 0.224 e. The fourth-order valence-electron chi connectivity index (χ4n) is 2.36. The summed E-state index contributed by atoms with van der Waals surface area (Å²) in [6.07, 6.45) is 7.22. The number of aromatic nitrogens is 2. The van der Waals surface area contributed by atoms with Crippen LogP contribution in [-0.4, -0.2) is 50.4 Å². The van der Waals surface area contributed by atoms with E-state index in [2.05, 4.69) is 20.2 Å². The fraction of sp³-hybridized carbons (Fsp3) is 0.714. The van der Waals surface area contributed by atoms with Gasteiger partial charge in [0.1, 0.15) is 0 Å². The zero-order chi connectivity index (χ0) is 13.5. The second-order valence-corrected chi connectivity index (χ2v) is 5.08. The predicted octanol–water partition coefficient (Wildman–Crippen LogP) is 1.42. The number of anilines is 1. The minimum absolute atomic E-state index is 0.567. The molecule has 0 bridgehead atoms. The molecular weight excluding hydrogens is 240 g/mol. The van der Waals surface area contributed by atoms with Crippen LogP contribution in [0, 0.1) is 0 Å². The lowest BCUT2D eigenvalue weighted by Gasteiger charge is -2.22. The Morgan fingerprint density at radius 3 is 2.63 bits per heavy atom. The van der Waals surface area contributed by atoms with Gasteiger partial charge in [0, 0.05) is 39.2 Å². The first-order chi connectivity index (χ1) is 9.31. The van der Waals surface area contributed by atoms with Crippen LogP contribution >= 0.6 is 0 Å². The molecule has 0 spiro atoms. The molecule has 1 aliphatic heterocycles. The molecule has 5 heteroatoms. The van der Waals surface area contributed by atoms with E-state index in [0.717, 1.165) is 51.5 Å². The van der Waals surface area contributed by atoms with E-state index in [1.54, 1.807) is 0 Å². The SMILES string of the molecule is CNCCCN(C)c1ncc(C2CCOCC2)cn1. The molecule has 1 N–H and O–H groups in total. The summed E-state index contributed by atoms with van der Waals surface area (Å²) in [5.74, 6) is 1.38. The molecule has 2 heterocycles. The van der Waals surface area contributed by atoms with Gasteiger partial charge in [0.05, 0.1) is 0 Å². The summed E-state index contributed by atoms with van der Waals surface area (Å²) < 4.78 is 5.38. The average Bonchev–Trinajstić information content (AvgIpc) is 2.48. The first-order valence-electron chi connectivity index (χ1n) is 7.06. The molecule has 1 fully saturated rings. The maximum absolute atomic E-state index is 5.38. The van der Waals surface area contributed by atoms with Gasteiger partial charge in [-0.1, -0.05) is 0 Å². The van der Waals surface area contributed by atoms with Crippen LogP contribution in [0.1, 0.15) is 30.7 Å². The molecule has 1 aliphatic rings. The molecule has 2 rings (SSSR count). The minimum Gasteiger partial charge on any atom is -0.381 e. The van der Waals surface area contributed by atoms with E-state index in [4.69, 9.17) is 4.74 Å². The molecule has 0 saturated carbocycles. The van der Waals surface area contributed by atoms with Crippen molar-refractivity contribution in [3.63, 3.8) is 0 Å². The van der Waals surface area contributed by atoms with Gasteiger partial charge in [0.15, 0.2) is 0 Å². The molecule has 106 valence electrons. The summed E-state index contributed by atoms with van der Waals surface area (Å²) in [6, 6.07) is 0. The van der Waals surface area contributed by atoms with Crippen LogP contribution in [0.3, 0.4) is 0 Å². The van der Waals surface area contributed by atoms with Gasteiger partial charge in [-0.25, -0.2) is 9.97 Å². The van der Waals surface area contributed by atoms with Crippen molar-refractivity contribution in [2.45, 2.75) is 25.2 Å². The first-order valence-corrected chi connectivity index (χ1v) is 7.06. The van der Waals surface area contributed by atoms with E-state index in [0.29, 0.717) is 5.92 Å². The lowest BCUT2D eigenvalue weighted by molar-refractivity contribution is 0.0852. The number of nitrogens with zero attached hydrogens (tertiary/aromatic N) is 3. The minimum atomic E-state index is 0.567. The molecule has 19 heavy (non-hydrogen) atoms. The topological polar surface area (TPSA) is 50.3 Å². The summed E-state index contributed by atoms with van der Waals surface area (Å²) in [5.41, 5.74) is 1.25. The van der Waals surface area contributed by atoms with Crippen molar-refractivity contribution in [2.24, 2.45) is 0 Å². The van der Waals surface area contributed by atoms with Crippen LogP contribution < -0.4 is 10.2 Å². The normalized spacial score (nSPS) is 16.5. The molecule has 0 radical (unpaired) electrons. The Balaban J connectivity index is 1.89. The maximum atomic E-state index is 5.38. The Hall–Kier alpha value is -1.20. The highest BCUT2D eigenvalue weighted by Crippen LogP contribution is 2.26.